The summed E-state index contributed by atoms with van der Waals surface area (Å²) in [6, 6.07) is 8.57. The van der Waals surface area contributed by atoms with Crippen LogP contribution in [0.25, 0.3) is 16.8 Å². The van der Waals surface area contributed by atoms with Crippen molar-refractivity contribution in [2.75, 3.05) is 31.5 Å². The molecule has 4 bridgehead atoms. The summed E-state index contributed by atoms with van der Waals surface area (Å²) in [5, 5.41) is 10.3. The van der Waals surface area contributed by atoms with E-state index in [-0.39, 0.29) is 30.4 Å². The van der Waals surface area contributed by atoms with Gasteiger partial charge in [-0.05, 0) is 36.6 Å². The van der Waals surface area contributed by atoms with Crippen molar-refractivity contribution in [3.05, 3.63) is 59.8 Å². The fraction of sp³-hybridized carbons (Fsp3) is 0.345. The Morgan fingerprint density at radius 1 is 1.14 bits per heavy atom. The Morgan fingerprint density at radius 3 is 2.75 bits per heavy atom. The number of halogens is 2. The van der Waals surface area contributed by atoms with Crippen LogP contribution in [0, 0.1) is 0 Å². The van der Waals surface area contributed by atoms with Gasteiger partial charge < -0.3 is 29.7 Å². The van der Waals surface area contributed by atoms with E-state index in [4.69, 9.17) is 19.2 Å². The molecule has 1 aromatic carbocycles. The van der Waals surface area contributed by atoms with Gasteiger partial charge in [-0.25, -0.2) is 37.6 Å². The van der Waals surface area contributed by atoms with Crippen LogP contribution < -0.4 is 25.0 Å². The molecule has 5 heterocycles. The number of pyridine rings is 2. The van der Waals surface area contributed by atoms with Crippen LogP contribution in [0.2, 0.25) is 0 Å². The Hall–Kier alpha value is -5.05. The second-order valence-corrected chi connectivity index (χ2v) is 10.8. The van der Waals surface area contributed by atoms with Gasteiger partial charge in [0.1, 0.15) is 29.2 Å². The summed E-state index contributed by atoms with van der Waals surface area (Å²) in [6.45, 7) is 0.611. The highest BCUT2D eigenvalue weighted by molar-refractivity contribution is 5.95. The number of nitrogens with one attached hydrogen (secondary N) is 2. The van der Waals surface area contributed by atoms with Crippen molar-refractivity contribution in [2.45, 2.75) is 44.6 Å². The molecule has 4 aromatic heterocycles. The lowest BCUT2D eigenvalue weighted by Gasteiger charge is -2.36. The summed E-state index contributed by atoms with van der Waals surface area (Å²) in [6.07, 6.45) is 1.53. The van der Waals surface area contributed by atoms with Crippen LogP contribution in [-0.2, 0) is 17.9 Å². The maximum Gasteiger partial charge on any atom is 0.328 e. The summed E-state index contributed by atoms with van der Waals surface area (Å²) >= 11 is 0. The highest BCUT2D eigenvalue weighted by Crippen LogP contribution is 2.34. The van der Waals surface area contributed by atoms with E-state index < -0.39 is 12.2 Å². The number of imidazole rings is 1. The van der Waals surface area contributed by atoms with E-state index in [1.54, 1.807) is 32.5 Å². The van der Waals surface area contributed by atoms with E-state index in [1.165, 1.54) is 15.4 Å². The summed E-state index contributed by atoms with van der Waals surface area (Å²) in [5.41, 5.74) is 3.66. The first-order valence-corrected chi connectivity index (χ1v) is 14.0. The second-order valence-electron chi connectivity index (χ2n) is 10.8. The molecular weight excluding hydrogens is 576 g/mol. The third-order valence-corrected chi connectivity index (χ3v) is 7.96. The highest BCUT2D eigenvalue weighted by Gasteiger charge is 2.34. The van der Waals surface area contributed by atoms with Crippen molar-refractivity contribution in [3.8, 4) is 11.5 Å². The molecule has 0 radical (unpaired) electrons. The highest BCUT2D eigenvalue weighted by atomic mass is 19.3. The minimum atomic E-state index is -2.84. The topological polar surface area (TPSA) is 133 Å². The summed E-state index contributed by atoms with van der Waals surface area (Å²) < 4.78 is 46.9. The number of fused-ring (bicyclic) bond motifs is 6. The number of hydrogen-bond donors (Lipinski definition) is 2. The standard InChI is InChI=1S/C29H29F2N9O4/c1-38(12-16-4-5-17(42-2)9-22(16)43-3)20-10-23-33-19-8-15(11-40-27(19)36-26(37-40)25(30)31)13-44-21-7-6-18(21)34-29(41)39-14-32-24(20)28(39)35-23/h4-5,8-11,14,18,21,25H,6-7,12-13H2,1-3H3,(H,33,35)(H,34,41)/t18-,21-/m1/s1. The monoisotopic (exact) mass is 605 g/mol. The van der Waals surface area contributed by atoms with Gasteiger partial charge in [-0.15, -0.1) is 5.10 Å². The van der Waals surface area contributed by atoms with Crippen LogP contribution in [0.4, 0.5) is 30.8 Å². The first-order valence-electron chi connectivity index (χ1n) is 14.0. The lowest BCUT2D eigenvalue weighted by Crippen LogP contribution is -2.52. The Kier molecular flexibility index (Phi) is 6.88. The Bertz CT molecular complexity index is 1890. The zero-order chi connectivity index (χ0) is 30.5. The molecule has 2 N–H and O–H groups in total. The number of aromatic nitrogens is 6. The van der Waals surface area contributed by atoms with E-state index in [1.807, 2.05) is 30.1 Å². The van der Waals surface area contributed by atoms with E-state index in [9.17, 15) is 13.6 Å². The van der Waals surface area contributed by atoms with Gasteiger partial charge in [0.15, 0.2) is 11.3 Å². The number of rotatable bonds is 6. The Balaban J connectivity index is 1.36. The lowest BCUT2D eigenvalue weighted by atomic mass is 9.89. The van der Waals surface area contributed by atoms with Crippen LogP contribution in [0.1, 0.15) is 36.2 Å². The van der Waals surface area contributed by atoms with E-state index in [0.717, 1.165) is 18.4 Å². The Morgan fingerprint density at radius 2 is 2.00 bits per heavy atom. The molecule has 2 aliphatic rings. The number of nitrogens with zero attached hydrogens (tertiary/aromatic N) is 7. The number of benzene rings is 1. The van der Waals surface area contributed by atoms with Gasteiger partial charge in [0.05, 0.1) is 44.3 Å². The van der Waals surface area contributed by atoms with Gasteiger partial charge in [-0.3, -0.25) is 0 Å². The lowest BCUT2D eigenvalue weighted by molar-refractivity contribution is -0.0324. The molecule has 0 unspecified atom stereocenters. The zero-order valence-corrected chi connectivity index (χ0v) is 24.1. The van der Waals surface area contributed by atoms with Crippen molar-refractivity contribution in [3.63, 3.8) is 0 Å². The largest absolute Gasteiger partial charge is 0.497 e. The minimum absolute atomic E-state index is 0.187. The molecule has 13 nitrogen and oxygen atoms in total. The van der Waals surface area contributed by atoms with E-state index in [0.29, 0.717) is 52.0 Å². The normalized spacial score (nSPS) is 18.0. The second kappa shape index (κ2) is 10.9. The zero-order valence-electron chi connectivity index (χ0n) is 24.1. The van der Waals surface area contributed by atoms with Crippen molar-refractivity contribution in [1.29, 1.82) is 0 Å². The van der Waals surface area contributed by atoms with Crippen molar-refractivity contribution >= 4 is 40.0 Å². The van der Waals surface area contributed by atoms with Gasteiger partial charge >= 0.3 is 6.03 Å². The predicted molar refractivity (Wildman–Crippen MR) is 156 cm³/mol. The third-order valence-electron chi connectivity index (χ3n) is 7.96. The molecule has 228 valence electrons. The predicted octanol–water partition coefficient (Wildman–Crippen LogP) is 4.43. The maximum absolute atomic E-state index is 13.6. The molecule has 5 aromatic rings. The molecule has 0 spiro atoms. The van der Waals surface area contributed by atoms with Crippen LogP contribution in [0.3, 0.4) is 0 Å². The number of hydrogen-bond acceptors (Lipinski definition) is 10. The van der Waals surface area contributed by atoms with Gasteiger partial charge in [0, 0.05) is 37.5 Å². The quantitative estimate of drug-likeness (QED) is 0.287. The van der Waals surface area contributed by atoms with Crippen molar-refractivity contribution < 1.29 is 27.8 Å². The number of carbonyl (C=O) groups excluding carboxylic acids is 1. The molecule has 0 saturated heterocycles. The number of ether oxygens (including phenoxy) is 3. The SMILES string of the molecule is COc1ccc(CN(C)c2cc3nc4c2ncn4C(=O)N[C@@H]2CC[C@H]2OCc2cc(c4nc(C(F)F)nn4c2)N3)c(OC)c1. The van der Waals surface area contributed by atoms with Gasteiger partial charge in [-0.1, -0.05) is 0 Å². The first kappa shape index (κ1) is 27.8. The Labute approximate surface area is 249 Å². The van der Waals surface area contributed by atoms with E-state index in [2.05, 4.69) is 25.7 Å². The molecule has 1 saturated carbocycles. The molecule has 1 fully saturated rings. The number of alkyl halides is 2. The average molecular weight is 606 g/mol. The van der Waals surface area contributed by atoms with Gasteiger partial charge in [0.25, 0.3) is 6.43 Å². The number of methoxy groups -OCH3 is 2. The average Bonchev–Trinajstić information content (AvgIpc) is 3.64. The molecule has 15 heteroatoms. The van der Waals surface area contributed by atoms with Crippen molar-refractivity contribution in [1.82, 2.24) is 34.4 Å². The summed E-state index contributed by atoms with van der Waals surface area (Å²) in [4.78, 5) is 28.8. The van der Waals surface area contributed by atoms with E-state index >= 15 is 0 Å². The third kappa shape index (κ3) is 4.88. The fourth-order valence-electron chi connectivity index (χ4n) is 5.53. The van der Waals surface area contributed by atoms with Crippen LogP contribution in [-0.4, -0.2) is 68.6 Å². The number of anilines is 3. The molecule has 1 aliphatic carbocycles. The smallest absolute Gasteiger partial charge is 0.328 e. The van der Waals surface area contributed by atoms with Crippen molar-refractivity contribution in [2.24, 2.45) is 0 Å². The summed E-state index contributed by atoms with van der Waals surface area (Å²) in [7, 11) is 5.08. The first-order chi connectivity index (χ1) is 21.3. The fourth-order valence-corrected chi connectivity index (χ4v) is 5.53. The maximum atomic E-state index is 13.6. The minimum Gasteiger partial charge on any atom is -0.497 e. The summed E-state index contributed by atoms with van der Waals surface area (Å²) in [5.74, 6) is 1.07. The molecule has 44 heavy (non-hydrogen) atoms. The molecule has 1 aliphatic heterocycles. The van der Waals surface area contributed by atoms with Gasteiger partial charge in [-0.2, -0.15) is 0 Å². The van der Waals surface area contributed by atoms with Crippen LogP contribution in [0.5, 0.6) is 11.5 Å². The molecule has 1 amide bonds. The number of carbonyl (C=O) groups is 1. The molecule has 7 rings (SSSR count). The van der Waals surface area contributed by atoms with Crippen LogP contribution >= 0.6 is 0 Å². The molecular formula is C29H29F2N9O4. The van der Waals surface area contributed by atoms with Crippen LogP contribution in [0.15, 0.2) is 42.9 Å². The molecule has 2 atom stereocenters. The van der Waals surface area contributed by atoms with Gasteiger partial charge in [0.2, 0.25) is 5.82 Å². The number of amides is 1.